The summed E-state index contributed by atoms with van der Waals surface area (Å²) in [7, 11) is 0. The number of halogens is 2. The Hall–Kier alpha value is -0.560. The van der Waals surface area contributed by atoms with Crippen molar-refractivity contribution in [1.29, 1.82) is 0 Å². The van der Waals surface area contributed by atoms with E-state index in [1.54, 1.807) is 4.90 Å². The molecular formula is C13H19Br2N3O2. The Bertz CT molecular complexity index is 477. The molecule has 1 saturated heterocycles. The first-order chi connectivity index (χ1) is 9.28. The van der Waals surface area contributed by atoms with Gasteiger partial charge >= 0.3 is 6.09 Å². The van der Waals surface area contributed by atoms with Crippen molar-refractivity contribution in [3.05, 3.63) is 15.0 Å². The molecule has 0 radical (unpaired) electrons. The van der Waals surface area contributed by atoms with Gasteiger partial charge in [-0.2, -0.15) is 0 Å². The number of H-pyrrole nitrogens is 1. The van der Waals surface area contributed by atoms with Gasteiger partial charge in [-0.1, -0.05) is 0 Å². The fraction of sp³-hybridized carbons (Fsp3) is 0.692. The lowest BCUT2D eigenvalue weighted by molar-refractivity contribution is 0.00852. The van der Waals surface area contributed by atoms with Gasteiger partial charge in [-0.3, -0.25) is 4.90 Å². The number of amides is 1. The van der Waals surface area contributed by atoms with Crippen LogP contribution in [-0.4, -0.2) is 33.1 Å². The zero-order valence-corrected chi connectivity index (χ0v) is 15.0. The molecule has 1 aromatic rings. The quantitative estimate of drug-likeness (QED) is 0.749. The number of hydrogen-bond donors (Lipinski definition) is 1. The number of aromatic nitrogens is 2. The number of carbonyl (C=O) groups excluding carboxylic acids is 1. The van der Waals surface area contributed by atoms with Crippen molar-refractivity contribution in [3.8, 4) is 0 Å². The SMILES string of the molecule is CC(C)(C)OC(=O)N1CCCCC1c1nc(Br)c(Br)[nH]1. The first-order valence-corrected chi connectivity index (χ1v) is 8.27. The van der Waals surface area contributed by atoms with E-state index < -0.39 is 5.60 Å². The molecular weight excluding hydrogens is 390 g/mol. The highest BCUT2D eigenvalue weighted by Gasteiger charge is 2.33. The average Bonchev–Trinajstić information content (AvgIpc) is 2.67. The summed E-state index contributed by atoms with van der Waals surface area (Å²) >= 11 is 6.75. The molecule has 1 N–H and O–H groups in total. The normalized spacial score (nSPS) is 20.1. The van der Waals surface area contributed by atoms with Crippen LogP contribution in [0.25, 0.3) is 0 Å². The lowest BCUT2D eigenvalue weighted by atomic mass is 10.0. The van der Waals surface area contributed by atoms with Gasteiger partial charge in [0.05, 0.1) is 6.04 Å². The predicted octanol–water partition coefficient (Wildman–Crippen LogP) is 4.40. The van der Waals surface area contributed by atoms with Crippen molar-refractivity contribution in [1.82, 2.24) is 14.9 Å². The predicted molar refractivity (Wildman–Crippen MR) is 83.5 cm³/mol. The fourth-order valence-corrected chi connectivity index (χ4v) is 2.84. The molecule has 0 saturated carbocycles. The summed E-state index contributed by atoms with van der Waals surface area (Å²) in [6.45, 7) is 6.34. The average molecular weight is 409 g/mol. The van der Waals surface area contributed by atoms with E-state index in [1.165, 1.54) is 0 Å². The molecule has 1 aliphatic rings. The van der Waals surface area contributed by atoms with Crippen LogP contribution < -0.4 is 0 Å². The third-order valence-electron chi connectivity index (χ3n) is 3.08. The molecule has 0 aromatic carbocycles. The molecule has 2 rings (SSSR count). The van der Waals surface area contributed by atoms with Crippen LogP contribution in [0.15, 0.2) is 9.21 Å². The minimum Gasteiger partial charge on any atom is -0.444 e. The number of imidazole rings is 1. The highest BCUT2D eigenvalue weighted by molar-refractivity contribution is 9.13. The Balaban J connectivity index is 2.19. The molecule has 0 aliphatic carbocycles. The number of carbonyl (C=O) groups is 1. The lowest BCUT2D eigenvalue weighted by Crippen LogP contribution is -2.42. The van der Waals surface area contributed by atoms with E-state index in [-0.39, 0.29) is 12.1 Å². The molecule has 20 heavy (non-hydrogen) atoms. The van der Waals surface area contributed by atoms with Crippen molar-refractivity contribution in [3.63, 3.8) is 0 Å². The van der Waals surface area contributed by atoms with Gasteiger partial charge in [0.25, 0.3) is 0 Å². The molecule has 1 fully saturated rings. The molecule has 0 spiro atoms. The summed E-state index contributed by atoms with van der Waals surface area (Å²) in [6, 6.07) is -0.0544. The molecule has 5 nitrogen and oxygen atoms in total. The van der Waals surface area contributed by atoms with Crippen LogP contribution in [0.4, 0.5) is 4.79 Å². The van der Waals surface area contributed by atoms with Crippen LogP contribution in [0.5, 0.6) is 0 Å². The first kappa shape index (κ1) is 15.8. The van der Waals surface area contributed by atoms with E-state index in [1.807, 2.05) is 20.8 Å². The third kappa shape index (κ3) is 3.75. The summed E-state index contributed by atoms with van der Waals surface area (Å²) < 4.78 is 7.01. The van der Waals surface area contributed by atoms with Gasteiger partial charge in [0.15, 0.2) is 0 Å². The van der Waals surface area contributed by atoms with Crippen molar-refractivity contribution >= 4 is 38.0 Å². The van der Waals surface area contributed by atoms with E-state index in [0.29, 0.717) is 6.54 Å². The summed E-state index contributed by atoms with van der Waals surface area (Å²) in [6.07, 6.45) is 2.70. The Morgan fingerprint density at radius 2 is 2.10 bits per heavy atom. The van der Waals surface area contributed by atoms with Crippen molar-refractivity contribution in [2.45, 2.75) is 51.7 Å². The zero-order valence-electron chi connectivity index (χ0n) is 11.9. The summed E-state index contributed by atoms with van der Waals surface area (Å²) in [5.41, 5.74) is -0.483. The molecule has 2 heterocycles. The number of aromatic amines is 1. The second-order valence-electron chi connectivity index (χ2n) is 5.91. The number of nitrogens with zero attached hydrogens (tertiary/aromatic N) is 2. The maximum absolute atomic E-state index is 12.3. The molecule has 7 heteroatoms. The number of likely N-dealkylation sites (tertiary alicyclic amines) is 1. The monoisotopic (exact) mass is 407 g/mol. The standard InChI is InChI=1S/C13H19Br2N3O2/c1-13(2,3)20-12(19)18-7-5-4-6-8(18)11-16-9(14)10(15)17-11/h8H,4-7H2,1-3H3,(H,16,17). The summed E-state index contributed by atoms with van der Waals surface area (Å²) in [5.74, 6) is 0.786. The van der Waals surface area contributed by atoms with Crippen LogP contribution in [-0.2, 0) is 4.74 Å². The van der Waals surface area contributed by atoms with E-state index in [9.17, 15) is 4.79 Å². The highest BCUT2D eigenvalue weighted by atomic mass is 79.9. The molecule has 1 aromatic heterocycles. The molecule has 1 aliphatic heterocycles. The topological polar surface area (TPSA) is 58.2 Å². The van der Waals surface area contributed by atoms with Crippen LogP contribution in [0.1, 0.15) is 51.9 Å². The summed E-state index contributed by atoms with van der Waals surface area (Å²) in [4.78, 5) is 21.7. The largest absolute Gasteiger partial charge is 0.444 e. The van der Waals surface area contributed by atoms with Gasteiger partial charge in [-0.15, -0.1) is 0 Å². The van der Waals surface area contributed by atoms with E-state index in [4.69, 9.17) is 4.74 Å². The van der Waals surface area contributed by atoms with Crippen molar-refractivity contribution in [2.24, 2.45) is 0 Å². The van der Waals surface area contributed by atoms with Crippen LogP contribution in [0, 0.1) is 0 Å². The number of nitrogens with one attached hydrogen (secondary N) is 1. The summed E-state index contributed by atoms with van der Waals surface area (Å²) in [5, 5.41) is 0. The Morgan fingerprint density at radius 1 is 1.40 bits per heavy atom. The number of rotatable bonds is 1. The Morgan fingerprint density at radius 3 is 2.65 bits per heavy atom. The molecule has 112 valence electrons. The second-order valence-corrected chi connectivity index (χ2v) is 7.46. The maximum atomic E-state index is 12.3. The van der Waals surface area contributed by atoms with Gasteiger partial charge < -0.3 is 9.72 Å². The van der Waals surface area contributed by atoms with Crippen molar-refractivity contribution < 1.29 is 9.53 Å². The van der Waals surface area contributed by atoms with Gasteiger partial charge in [0.2, 0.25) is 0 Å². The van der Waals surface area contributed by atoms with Gasteiger partial charge in [-0.05, 0) is 71.9 Å². The first-order valence-electron chi connectivity index (χ1n) is 6.68. The Kier molecular flexibility index (Phi) is 4.79. The van der Waals surface area contributed by atoms with Crippen LogP contribution in [0.3, 0.4) is 0 Å². The molecule has 1 amide bonds. The fourth-order valence-electron chi connectivity index (χ4n) is 2.26. The second kappa shape index (κ2) is 6.05. The molecule has 1 atom stereocenters. The number of piperidine rings is 1. The van der Waals surface area contributed by atoms with E-state index >= 15 is 0 Å². The smallest absolute Gasteiger partial charge is 0.410 e. The maximum Gasteiger partial charge on any atom is 0.410 e. The van der Waals surface area contributed by atoms with Gasteiger partial charge in [0.1, 0.15) is 20.6 Å². The van der Waals surface area contributed by atoms with Crippen LogP contribution >= 0.6 is 31.9 Å². The molecule has 1 unspecified atom stereocenters. The lowest BCUT2D eigenvalue weighted by Gasteiger charge is -2.35. The zero-order chi connectivity index (χ0) is 14.9. The minimum atomic E-state index is -0.483. The Labute approximate surface area is 135 Å². The van der Waals surface area contributed by atoms with Crippen molar-refractivity contribution in [2.75, 3.05) is 6.54 Å². The number of ether oxygens (including phenoxy) is 1. The van der Waals surface area contributed by atoms with E-state index in [0.717, 1.165) is 34.3 Å². The third-order valence-corrected chi connectivity index (χ3v) is 4.76. The minimum absolute atomic E-state index is 0.0544. The van der Waals surface area contributed by atoms with Gasteiger partial charge in [-0.25, -0.2) is 9.78 Å². The van der Waals surface area contributed by atoms with E-state index in [2.05, 4.69) is 41.8 Å². The van der Waals surface area contributed by atoms with Crippen LogP contribution in [0.2, 0.25) is 0 Å². The highest BCUT2D eigenvalue weighted by Crippen LogP contribution is 2.33. The van der Waals surface area contributed by atoms with Gasteiger partial charge in [0, 0.05) is 6.54 Å². The molecule has 0 bridgehead atoms. The number of hydrogen-bond acceptors (Lipinski definition) is 3.